The van der Waals surface area contributed by atoms with Gasteiger partial charge in [0.25, 0.3) is 0 Å². The second-order valence-corrected chi connectivity index (χ2v) is 6.55. The lowest BCUT2D eigenvalue weighted by Gasteiger charge is -2.18. The average molecular weight is 320 g/mol. The van der Waals surface area contributed by atoms with Gasteiger partial charge in [-0.3, -0.25) is 0 Å². The Bertz CT molecular complexity index is 530. The number of nitrogens with one attached hydrogen (secondary N) is 1. The SMILES string of the molecule is CCCNC(CSc1ccccc1Cl)Cc1ccccc1. The van der Waals surface area contributed by atoms with Gasteiger partial charge in [-0.2, -0.15) is 0 Å². The highest BCUT2D eigenvalue weighted by Crippen LogP contribution is 2.27. The molecule has 1 unspecified atom stereocenters. The second kappa shape index (κ2) is 9.14. The topological polar surface area (TPSA) is 12.0 Å². The van der Waals surface area contributed by atoms with Gasteiger partial charge in [0.2, 0.25) is 0 Å². The number of hydrogen-bond donors (Lipinski definition) is 1. The molecule has 1 nitrogen and oxygen atoms in total. The summed E-state index contributed by atoms with van der Waals surface area (Å²) in [6, 6.07) is 19.2. The van der Waals surface area contributed by atoms with Gasteiger partial charge in [-0.1, -0.05) is 61.0 Å². The Morgan fingerprint density at radius 1 is 1.05 bits per heavy atom. The van der Waals surface area contributed by atoms with Gasteiger partial charge < -0.3 is 5.32 Å². The molecule has 0 aromatic heterocycles. The third kappa shape index (κ3) is 5.74. The molecular formula is C18H22ClNS. The Kier molecular flexibility index (Phi) is 7.14. The van der Waals surface area contributed by atoms with Crippen LogP contribution >= 0.6 is 23.4 Å². The minimum absolute atomic E-state index is 0.466. The summed E-state index contributed by atoms with van der Waals surface area (Å²) in [5.74, 6) is 1.03. The molecule has 0 amide bonds. The highest BCUT2D eigenvalue weighted by atomic mass is 35.5. The molecule has 1 atom stereocenters. The van der Waals surface area contributed by atoms with Crippen molar-refractivity contribution < 1.29 is 0 Å². The minimum Gasteiger partial charge on any atom is -0.313 e. The summed E-state index contributed by atoms with van der Waals surface area (Å²) >= 11 is 8.06. The summed E-state index contributed by atoms with van der Waals surface area (Å²) in [7, 11) is 0. The molecule has 0 radical (unpaired) electrons. The van der Waals surface area contributed by atoms with Crippen LogP contribution < -0.4 is 5.32 Å². The number of hydrogen-bond acceptors (Lipinski definition) is 2. The first kappa shape index (κ1) is 16.4. The minimum atomic E-state index is 0.466. The maximum absolute atomic E-state index is 6.23. The van der Waals surface area contributed by atoms with Crippen LogP contribution in [0.5, 0.6) is 0 Å². The average Bonchev–Trinajstić information content (AvgIpc) is 2.52. The van der Waals surface area contributed by atoms with Gasteiger partial charge in [0, 0.05) is 16.7 Å². The zero-order chi connectivity index (χ0) is 14.9. The molecule has 0 saturated carbocycles. The normalized spacial score (nSPS) is 12.3. The molecule has 2 rings (SSSR count). The van der Waals surface area contributed by atoms with E-state index in [1.165, 1.54) is 5.56 Å². The smallest absolute Gasteiger partial charge is 0.0541 e. The number of rotatable bonds is 8. The Hall–Kier alpha value is -0.960. The fraction of sp³-hybridized carbons (Fsp3) is 0.333. The molecule has 1 N–H and O–H groups in total. The summed E-state index contributed by atoms with van der Waals surface area (Å²) in [6.45, 7) is 3.26. The van der Waals surface area contributed by atoms with E-state index in [0.717, 1.165) is 35.1 Å². The van der Waals surface area contributed by atoms with Crippen LogP contribution in [-0.4, -0.2) is 18.3 Å². The fourth-order valence-electron chi connectivity index (χ4n) is 2.19. The molecule has 2 aromatic rings. The van der Waals surface area contributed by atoms with Gasteiger partial charge in [0.1, 0.15) is 0 Å². The van der Waals surface area contributed by atoms with Crippen LogP contribution in [0.3, 0.4) is 0 Å². The summed E-state index contributed by atoms with van der Waals surface area (Å²) in [4.78, 5) is 1.16. The summed E-state index contributed by atoms with van der Waals surface area (Å²) in [5, 5.41) is 4.49. The molecule has 0 saturated heterocycles. The van der Waals surface area contributed by atoms with Crippen LogP contribution in [0, 0.1) is 0 Å². The van der Waals surface area contributed by atoms with Crippen molar-refractivity contribution in [1.82, 2.24) is 5.32 Å². The molecule has 2 aromatic carbocycles. The van der Waals surface area contributed by atoms with E-state index in [2.05, 4.69) is 48.6 Å². The van der Waals surface area contributed by atoms with Crippen LogP contribution in [0.25, 0.3) is 0 Å². The Morgan fingerprint density at radius 2 is 1.76 bits per heavy atom. The zero-order valence-electron chi connectivity index (χ0n) is 12.4. The fourth-order valence-corrected chi connectivity index (χ4v) is 3.49. The van der Waals surface area contributed by atoms with Gasteiger partial charge in [0.05, 0.1) is 5.02 Å². The van der Waals surface area contributed by atoms with Crippen LogP contribution in [0.2, 0.25) is 5.02 Å². The predicted octanol–water partition coefficient (Wildman–Crippen LogP) is 5.04. The van der Waals surface area contributed by atoms with E-state index in [1.54, 1.807) is 0 Å². The zero-order valence-corrected chi connectivity index (χ0v) is 14.0. The van der Waals surface area contributed by atoms with Gasteiger partial charge in [-0.05, 0) is 37.1 Å². The van der Waals surface area contributed by atoms with Crippen molar-refractivity contribution in [2.24, 2.45) is 0 Å². The van der Waals surface area contributed by atoms with E-state index in [4.69, 9.17) is 11.6 Å². The van der Waals surface area contributed by atoms with Crippen LogP contribution in [0.15, 0.2) is 59.5 Å². The van der Waals surface area contributed by atoms with E-state index < -0.39 is 0 Å². The second-order valence-electron chi connectivity index (χ2n) is 5.08. The Balaban J connectivity index is 1.94. The van der Waals surface area contributed by atoms with Crippen LogP contribution in [0.1, 0.15) is 18.9 Å². The van der Waals surface area contributed by atoms with Crippen molar-refractivity contribution in [1.29, 1.82) is 0 Å². The largest absolute Gasteiger partial charge is 0.313 e. The highest BCUT2D eigenvalue weighted by molar-refractivity contribution is 7.99. The molecule has 0 heterocycles. The first-order chi connectivity index (χ1) is 10.3. The van der Waals surface area contributed by atoms with Crippen LogP contribution in [0.4, 0.5) is 0 Å². The lowest BCUT2D eigenvalue weighted by molar-refractivity contribution is 0.550. The Labute approximate surface area is 137 Å². The summed E-state index contributed by atoms with van der Waals surface area (Å²) in [5.41, 5.74) is 1.38. The molecular weight excluding hydrogens is 298 g/mol. The van der Waals surface area contributed by atoms with Crippen molar-refractivity contribution in [3.05, 3.63) is 65.2 Å². The van der Waals surface area contributed by atoms with E-state index in [0.29, 0.717) is 6.04 Å². The molecule has 3 heteroatoms. The molecule has 21 heavy (non-hydrogen) atoms. The maximum Gasteiger partial charge on any atom is 0.0541 e. The van der Waals surface area contributed by atoms with Gasteiger partial charge in [-0.15, -0.1) is 11.8 Å². The van der Waals surface area contributed by atoms with E-state index >= 15 is 0 Å². The third-order valence-corrected chi connectivity index (χ3v) is 4.96. The first-order valence-corrected chi connectivity index (χ1v) is 8.80. The number of halogens is 1. The van der Waals surface area contributed by atoms with E-state index in [-0.39, 0.29) is 0 Å². The molecule has 0 aliphatic heterocycles. The van der Waals surface area contributed by atoms with Crippen molar-refractivity contribution in [2.45, 2.75) is 30.7 Å². The van der Waals surface area contributed by atoms with Crippen molar-refractivity contribution >= 4 is 23.4 Å². The first-order valence-electron chi connectivity index (χ1n) is 7.44. The van der Waals surface area contributed by atoms with Gasteiger partial charge in [0.15, 0.2) is 0 Å². The van der Waals surface area contributed by atoms with Crippen molar-refractivity contribution in [3.63, 3.8) is 0 Å². The summed E-state index contributed by atoms with van der Waals surface area (Å²) in [6.07, 6.45) is 2.21. The van der Waals surface area contributed by atoms with Crippen molar-refractivity contribution in [2.75, 3.05) is 12.3 Å². The molecule has 0 fully saturated rings. The quantitative estimate of drug-likeness (QED) is 0.684. The maximum atomic E-state index is 6.23. The predicted molar refractivity (Wildman–Crippen MR) is 94.4 cm³/mol. The third-order valence-electron chi connectivity index (χ3n) is 3.28. The lowest BCUT2D eigenvalue weighted by atomic mass is 10.1. The number of thioether (sulfide) groups is 1. The molecule has 0 bridgehead atoms. The monoisotopic (exact) mass is 319 g/mol. The standard InChI is InChI=1S/C18H22ClNS/c1-2-12-20-16(13-15-8-4-3-5-9-15)14-21-18-11-7-6-10-17(18)19/h3-11,16,20H,2,12-14H2,1H3. The highest BCUT2D eigenvalue weighted by Gasteiger charge is 2.10. The Morgan fingerprint density at radius 3 is 2.48 bits per heavy atom. The van der Waals surface area contributed by atoms with Gasteiger partial charge in [-0.25, -0.2) is 0 Å². The molecule has 0 spiro atoms. The van der Waals surface area contributed by atoms with E-state index in [9.17, 15) is 0 Å². The van der Waals surface area contributed by atoms with Crippen LogP contribution in [-0.2, 0) is 6.42 Å². The van der Waals surface area contributed by atoms with Crippen molar-refractivity contribution in [3.8, 4) is 0 Å². The molecule has 0 aliphatic carbocycles. The number of benzene rings is 2. The lowest BCUT2D eigenvalue weighted by Crippen LogP contribution is -2.34. The van der Waals surface area contributed by atoms with E-state index in [1.807, 2.05) is 30.0 Å². The summed E-state index contributed by atoms with van der Waals surface area (Å²) < 4.78 is 0. The van der Waals surface area contributed by atoms with Gasteiger partial charge >= 0.3 is 0 Å². The molecule has 112 valence electrons. The molecule has 0 aliphatic rings.